The van der Waals surface area contributed by atoms with E-state index in [9.17, 15) is 4.79 Å². The average molecular weight is 674 g/mol. The van der Waals surface area contributed by atoms with Crippen molar-refractivity contribution in [3.63, 3.8) is 0 Å². The molecule has 0 saturated heterocycles. The number of imidazole rings is 1. The fourth-order valence-electron chi connectivity index (χ4n) is 5.17. The standard InChI is InChI=1S/C20H16N2O2S2.C16H11N3OS/c1-23-15-9-11-21-19-13(15)5-3-7-17(19)25-26-18-8-4-6-14-16(24-2)10-12-22-20(14)18;20-13-8-9-17-15-10(13)4-3-7-14(15)21-16-18-11-5-1-2-6-12(11)19-16/h3-12H,1-2H3;1-9H,(H,17,20)(H,18,19). The number of hydrogen-bond donors (Lipinski definition) is 2. The lowest BCUT2D eigenvalue weighted by molar-refractivity contribution is 0.419. The average Bonchev–Trinajstić information content (AvgIpc) is 3.53. The van der Waals surface area contributed by atoms with E-state index in [-0.39, 0.29) is 5.43 Å². The summed E-state index contributed by atoms with van der Waals surface area (Å²) in [5, 5.41) is 3.53. The van der Waals surface area contributed by atoms with Crippen LogP contribution in [0.3, 0.4) is 0 Å². The van der Waals surface area contributed by atoms with Gasteiger partial charge in [0.15, 0.2) is 10.6 Å². The Morgan fingerprint density at radius 1 is 0.638 bits per heavy atom. The highest BCUT2D eigenvalue weighted by Crippen LogP contribution is 2.44. The largest absolute Gasteiger partial charge is 0.496 e. The summed E-state index contributed by atoms with van der Waals surface area (Å²) >= 11 is 1.51. The van der Waals surface area contributed by atoms with Crippen LogP contribution in [-0.4, -0.2) is 39.1 Å². The van der Waals surface area contributed by atoms with Crippen LogP contribution in [-0.2, 0) is 0 Å². The summed E-state index contributed by atoms with van der Waals surface area (Å²) in [5.41, 5.74) is 4.69. The quantitative estimate of drug-likeness (QED) is 0.160. The molecule has 8 nitrogen and oxygen atoms in total. The summed E-state index contributed by atoms with van der Waals surface area (Å²) in [7, 11) is 6.69. The first-order valence-electron chi connectivity index (χ1n) is 14.5. The maximum Gasteiger partial charge on any atom is 0.189 e. The van der Waals surface area contributed by atoms with E-state index in [0.717, 1.165) is 69.7 Å². The number of nitrogens with one attached hydrogen (secondary N) is 2. The number of pyridine rings is 3. The molecular weight excluding hydrogens is 647 g/mol. The second-order valence-electron chi connectivity index (χ2n) is 10.2. The van der Waals surface area contributed by atoms with Crippen LogP contribution in [0.2, 0.25) is 0 Å². The minimum absolute atomic E-state index is 0.0239. The van der Waals surface area contributed by atoms with Crippen molar-refractivity contribution in [2.75, 3.05) is 14.2 Å². The normalized spacial score (nSPS) is 11.1. The number of methoxy groups -OCH3 is 2. The number of H-pyrrole nitrogens is 2. The maximum absolute atomic E-state index is 11.9. The minimum atomic E-state index is 0.0239. The Labute approximate surface area is 281 Å². The Kier molecular flexibility index (Phi) is 9.00. The molecule has 0 atom stereocenters. The molecule has 0 bridgehead atoms. The number of aromatic amines is 2. The van der Waals surface area contributed by atoms with Gasteiger partial charge in [-0.05, 0) is 72.4 Å². The number of fused-ring (bicyclic) bond motifs is 4. The lowest BCUT2D eigenvalue weighted by Crippen LogP contribution is -2.00. The minimum Gasteiger partial charge on any atom is -0.496 e. The smallest absolute Gasteiger partial charge is 0.189 e. The summed E-state index contributed by atoms with van der Waals surface area (Å²) in [4.78, 5) is 35.1. The van der Waals surface area contributed by atoms with Crippen LogP contribution in [0.15, 0.2) is 140 Å². The van der Waals surface area contributed by atoms with Gasteiger partial charge in [-0.25, -0.2) is 4.98 Å². The first-order chi connectivity index (χ1) is 23.1. The van der Waals surface area contributed by atoms with Gasteiger partial charge in [-0.15, -0.1) is 0 Å². The molecular formula is C36H27N5O3S3. The van der Waals surface area contributed by atoms with Crippen LogP contribution in [0.5, 0.6) is 11.5 Å². The second-order valence-corrected chi connectivity index (χ2v) is 13.4. The van der Waals surface area contributed by atoms with E-state index in [1.165, 1.54) is 17.8 Å². The van der Waals surface area contributed by atoms with Gasteiger partial charge in [-0.2, -0.15) is 0 Å². The third-order valence-corrected chi connectivity index (χ3v) is 10.8. The number of rotatable bonds is 7. The SMILES string of the molecule is COc1ccnc2c(SSc3cccc4c(OC)ccnc34)cccc12.O=c1cc[nH]c2c(Sc3nc4ccccc4[nH]3)cccc12. The molecule has 4 aromatic heterocycles. The number of para-hydroxylation sites is 5. The monoisotopic (exact) mass is 673 g/mol. The summed E-state index contributed by atoms with van der Waals surface area (Å²) in [6, 6.07) is 31.2. The lowest BCUT2D eigenvalue weighted by Gasteiger charge is -2.10. The van der Waals surface area contributed by atoms with Crippen LogP contribution in [0.25, 0.3) is 43.7 Å². The molecule has 4 aromatic carbocycles. The van der Waals surface area contributed by atoms with Gasteiger partial charge in [0.2, 0.25) is 0 Å². The Balaban J connectivity index is 0.000000153. The molecule has 0 spiro atoms. The van der Waals surface area contributed by atoms with Crippen molar-refractivity contribution < 1.29 is 9.47 Å². The molecule has 8 aromatic rings. The fraction of sp³-hybridized carbons (Fsp3) is 0.0556. The van der Waals surface area contributed by atoms with Crippen molar-refractivity contribution in [2.24, 2.45) is 0 Å². The van der Waals surface area contributed by atoms with Gasteiger partial charge >= 0.3 is 0 Å². The van der Waals surface area contributed by atoms with E-state index in [0.29, 0.717) is 5.39 Å². The first kappa shape index (κ1) is 30.7. The van der Waals surface area contributed by atoms with E-state index in [1.807, 2.05) is 78.9 Å². The van der Waals surface area contributed by atoms with E-state index in [1.54, 1.807) is 54.4 Å². The molecule has 0 unspecified atom stereocenters. The highest BCUT2D eigenvalue weighted by atomic mass is 33.1. The van der Waals surface area contributed by atoms with Gasteiger partial charge in [0.05, 0.1) is 41.8 Å². The van der Waals surface area contributed by atoms with Crippen molar-refractivity contribution >= 4 is 77.1 Å². The highest BCUT2D eigenvalue weighted by Gasteiger charge is 2.12. The summed E-state index contributed by atoms with van der Waals surface area (Å²) in [5.74, 6) is 1.66. The molecule has 0 aliphatic carbocycles. The van der Waals surface area contributed by atoms with Gasteiger partial charge in [0.25, 0.3) is 0 Å². The summed E-state index contributed by atoms with van der Waals surface area (Å²) < 4.78 is 10.9. The maximum atomic E-state index is 11.9. The molecule has 0 fully saturated rings. The molecule has 232 valence electrons. The van der Waals surface area contributed by atoms with Crippen molar-refractivity contribution in [3.8, 4) is 11.5 Å². The molecule has 8 rings (SSSR count). The Morgan fingerprint density at radius 2 is 1.23 bits per heavy atom. The summed E-state index contributed by atoms with van der Waals surface area (Å²) in [6.07, 6.45) is 5.23. The Hall–Kier alpha value is -4.97. The molecule has 0 amide bonds. The number of hydrogen-bond acceptors (Lipinski definition) is 9. The molecule has 11 heteroatoms. The molecule has 47 heavy (non-hydrogen) atoms. The van der Waals surface area contributed by atoms with E-state index < -0.39 is 0 Å². The van der Waals surface area contributed by atoms with Gasteiger partial charge in [0.1, 0.15) is 11.5 Å². The topological polar surface area (TPSA) is 106 Å². The van der Waals surface area contributed by atoms with Gasteiger partial charge in [0, 0.05) is 55.5 Å². The fourth-order valence-corrected chi connectivity index (χ4v) is 8.38. The third-order valence-electron chi connectivity index (χ3n) is 7.38. The van der Waals surface area contributed by atoms with Crippen LogP contribution in [0, 0.1) is 0 Å². The summed E-state index contributed by atoms with van der Waals surface area (Å²) in [6.45, 7) is 0. The van der Waals surface area contributed by atoms with Crippen molar-refractivity contribution in [2.45, 2.75) is 19.8 Å². The van der Waals surface area contributed by atoms with Crippen LogP contribution < -0.4 is 14.9 Å². The molecule has 4 heterocycles. The van der Waals surface area contributed by atoms with Crippen molar-refractivity contribution in [1.29, 1.82) is 0 Å². The van der Waals surface area contributed by atoms with Crippen LogP contribution in [0.4, 0.5) is 0 Å². The van der Waals surface area contributed by atoms with E-state index in [4.69, 9.17) is 9.47 Å². The number of benzene rings is 4. The van der Waals surface area contributed by atoms with Gasteiger partial charge in [-0.1, -0.05) is 51.9 Å². The van der Waals surface area contributed by atoms with Crippen LogP contribution in [0.1, 0.15) is 0 Å². The second kappa shape index (κ2) is 13.8. The number of nitrogens with zero attached hydrogens (tertiary/aromatic N) is 3. The van der Waals surface area contributed by atoms with E-state index >= 15 is 0 Å². The molecule has 0 aliphatic rings. The van der Waals surface area contributed by atoms with E-state index in [2.05, 4.69) is 37.1 Å². The molecule has 0 aliphatic heterocycles. The highest BCUT2D eigenvalue weighted by molar-refractivity contribution is 8.76. The van der Waals surface area contributed by atoms with Crippen molar-refractivity contribution in [3.05, 3.63) is 126 Å². The van der Waals surface area contributed by atoms with Gasteiger partial charge in [-0.3, -0.25) is 14.8 Å². The Morgan fingerprint density at radius 3 is 1.85 bits per heavy atom. The van der Waals surface area contributed by atoms with Crippen molar-refractivity contribution in [1.82, 2.24) is 24.9 Å². The molecule has 2 N–H and O–H groups in total. The zero-order valence-electron chi connectivity index (χ0n) is 25.3. The number of aromatic nitrogens is 5. The third kappa shape index (κ3) is 6.37. The molecule has 0 saturated carbocycles. The predicted octanol–water partition coefficient (Wildman–Crippen LogP) is 9.16. The van der Waals surface area contributed by atoms with Crippen LogP contribution >= 0.6 is 33.3 Å². The lowest BCUT2D eigenvalue weighted by atomic mass is 10.2. The number of ether oxygens (including phenoxy) is 2. The Bertz CT molecular complexity index is 2310. The molecule has 0 radical (unpaired) electrons. The zero-order valence-corrected chi connectivity index (χ0v) is 27.7. The predicted molar refractivity (Wildman–Crippen MR) is 193 cm³/mol. The zero-order chi connectivity index (χ0) is 32.2. The first-order valence-corrected chi connectivity index (χ1v) is 17.5. The van der Waals surface area contributed by atoms with Gasteiger partial charge < -0.3 is 19.4 Å².